The van der Waals surface area contributed by atoms with Crippen molar-refractivity contribution in [3.05, 3.63) is 35.1 Å². The molecule has 1 unspecified atom stereocenters. The van der Waals surface area contributed by atoms with Gasteiger partial charge in [-0.1, -0.05) is 25.3 Å². The van der Waals surface area contributed by atoms with Crippen LogP contribution in [0, 0.1) is 17.2 Å². The highest BCUT2D eigenvalue weighted by Gasteiger charge is 2.44. The zero-order valence-electron chi connectivity index (χ0n) is 14.1. The van der Waals surface area contributed by atoms with E-state index in [1.807, 2.05) is 6.07 Å². The lowest BCUT2D eigenvalue weighted by molar-refractivity contribution is 0.139. The van der Waals surface area contributed by atoms with Gasteiger partial charge < -0.3 is 10.8 Å². The Morgan fingerprint density at radius 1 is 1.17 bits per heavy atom. The fraction of sp³-hybridized carbons (Fsp3) is 0.700. The number of hydrogen-bond donors (Lipinski definition) is 2. The van der Waals surface area contributed by atoms with E-state index in [2.05, 4.69) is 0 Å². The fourth-order valence-electron chi connectivity index (χ4n) is 4.54. The Labute approximate surface area is 139 Å². The first-order valence-electron chi connectivity index (χ1n) is 9.30. The minimum Gasteiger partial charge on any atom is -0.388 e. The lowest BCUT2D eigenvalue weighted by atomic mass is 9.67. The number of nitrogens with two attached hydrogens (primary N) is 1. The van der Waals surface area contributed by atoms with Crippen LogP contribution in [0.4, 0.5) is 4.39 Å². The van der Waals surface area contributed by atoms with Crippen LogP contribution in [-0.4, -0.2) is 11.7 Å². The molecule has 1 aromatic rings. The molecule has 1 atom stereocenters. The van der Waals surface area contributed by atoms with Gasteiger partial charge in [-0.25, -0.2) is 4.39 Å². The summed E-state index contributed by atoms with van der Waals surface area (Å²) < 4.78 is 13.9. The van der Waals surface area contributed by atoms with Gasteiger partial charge in [0.15, 0.2) is 0 Å². The van der Waals surface area contributed by atoms with Crippen LogP contribution in [0.3, 0.4) is 0 Å². The maximum atomic E-state index is 13.9. The highest BCUT2D eigenvalue weighted by Crippen LogP contribution is 2.56. The van der Waals surface area contributed by atoms with Crippen LogP contribution in [0.5, 0.6) is 0 Å². The summed E-state index contributed by atoms with van der Waals surface area (Å²) in [6.45, 7) is 0.414. The molecule has 0 aromatic heterocycles. The minimum absolute atomic E-state index is 0.238. The van der Waals surface area contributed by atoms with Crippen LogP contribution < -0.4 is 5.73 Å². The maximum absolute atomic E-state index is 13.9. The molecule has 1 aromatic carbocycles. The molecule has 128 valence electrons. The molecular formula is C20H30FNO. The summed E-state index contributed by atoms with van der Waals surface area (Å²) in [5, 5.41) is 10.1. The van der Waals surface area contributed by atoms with E-state index in [1.165, 1.54) is 57.4 Å². The molecular weight excluding hydrogens is 289 g/mol. The monoisotopic (exact) mass is 319 g/mol. The Bertz CT molecular complexity index is 520. The Balaban J connectivity index is 1.69. The third kappa shape index (κ3) is 4.13. The first-order chi connectivity index (χ1) is 11.1. The largest absolute Gasteiger partial charge is 0.388 e. The maximum Gasteiger partial charge on any atom is 0.123 e. The highest BCUT2D eigenvalue weighted by molar-refractivity contribution is 5.27. The van der Waals surface area contributed by atoms with Crippen molar-refractivity contribution in [2.75, 3.05) is 6.54 Å². The second-order valence-corrected chi connectivity index (χ2v) is 7.68. The summed E-state index contributed by atoms with van der Waals surface area (Å²) in [5.74, 6) is 0.677. The number of aliphatic hydroxyl groups excluding tert-OH is 1. The molecule has 3 heteroatoms. The second-order valence-electron chi connectivity index (χ2n) is 7.68. The third-order valence-electron chi connectivity index (χ3n) is 6.01. The molecule has 2 fully saturated rings. The molecule has 0 aliphatic heterocycles. The smallest absolute Gasteiger partial charge is 0.123 e. The van der Waals surface area contributed by atoms with Gasteiger partial charge in [-0.3, -0.25) is 0 Å². The van der Waals surface area contributed by atoms with Crippen molar-refractivity contribution < 1.29 is 9.50 Å². The SMILES string of the molecule is NCCC(O)c1cc(F)cc(CCC2(C3CC3)CCCCC2)c1. The molecule has 2 saturated carbocycles. The molecule has 2 nitrogen and oxygen atoms in total. The van der Waals surface area contributed by atoms with E-state index in [9.17, 15) is 9.50 Å². The van der Waals surface area contributed by atoms with Crippen LogP contribution >= 0.6 is 0 Å². The van der Waals surface area contributed by atoms with Crippen LogP contribution in [0.2, 0.25) is 0 Å². The van der Waals surface area contributed by atoms with E-state index < -0.39 is 6.10 Å². The summed E-state index contributed by atoms with van der Waals surface area (Å²) in [7, 11) is 0. The second kappa shape index (κ2) is 7.31. The third-order valence-corrected chi connectivity index (χ3v) is 6.01. The molecule has 0 amide bonds. The minimum atomic E-state index is -0.651. The van der Waals surface area contributed by atoms with Crippen molar-refractivity contribution in [1.82, 2.24) is 0 Å². The molecule has 0 bridgehead atoms. The zero-order chi connectivity index (χ0) is 16.3. The van der Waals surface area contributed by atoms with E-state index in [4.69, 9.17) is 5.73 Å². The predicted octanol–water partition coefficient (Wildman–Crippen LogP) is 4.50. The van der Waals surface area contributed by atoms with E-state index in [0.29, 0.717) is 23.9 Å². The lowest BCUT2D eigenvalue weighted by Crippen LogP contribution is -2.27. The van der Waals surface area contributed by atoms with E-state index >= 15 is 0 Å². The van der Waals surface area contributed by atoms with Gasteiger partial charge in [-0.2, -0.15) is 0 Å². The van der Waals surface area contributed by atoms with Crippen molar-refractivity contribution >= 4 is 0 Å². The van der Waals surface area contributed by atoms with E-state index in [0.717, 1.165) is 17.9 Å². The Hall–Kier alpha value is -0.930. The Morgan fingerprint density at radius 3 is 2.57 bits per heavy atom. The van der Waals surface area contributed by atoms with Gasteiger partial charge in [0.2, 0.25) is 0 Å². The van der Waals surface area contributed by atoms with Crippen molar-refractivity contribution in [3.63, 3.8) is 0 Å². The van der Waals surface area contributed by atoms with Crippen LogP contribution in [-0.2, 0) is 6.42 Å². The average Bonchev–Trinajstić information content (AvgIpc) is 3.39. The number of aryl methyl sites for hydroxylation is 1. The molecule has 0 saturated heterocycles. The number of aliphatic hydroxyl groups is 1. The van der Waals surface area contributed by atoms with Crippen molar-refractivity contribution in [2.45, 2.75) is 70.3 Å². The van der Waals surface area contributed by atoms with Gasteiger partial charge in [0.05, 0.1) is 6.10 Å². The van der Waals surface area contributed by atoms with Crippen LogP contribution in [0.25, 0.3) is 0 Å². The van der Waals surface area contributed by atoms with Gasteiger partial charge in [0.1, 0.15) is 5.82 Å². The Kier molecular flexibility index (Phi) is 5.38. The summed E-state index contributed by atoms with van der Waals surface area (Å²) in [6.07, 6.45) is 11.5. The molecule has 2 aliphatic carbocycles. The molecule has 3 N–H and O–H groups in total. The standard InChI is InChI=1S/C20H30FNO/c21-18-13-15(12-16(14-18)19(23)7-11-22)6-10-20(17-4-5-17)8-2-1-3-9-20/h12-14,17,19,23H,1-11,22H2. The van der Waals surface area contributed by atoms with Gasteiger partial charge in [-0.05, 0) is 86.1 Å². The summed E-state index contributed by atoms with van der Waals surface area (Å²) in [4.78, 5) is 0. The molecule has 0 spiro atoms. The number of hydrogen-bond acceptors (Lipinski definition) is 2. The lowest BCUT2D eigenvalue weighted by Gasteiger charge is -2.38. The van der Waals surface area contributed by atoms with E-state index in [1.54, 1.807) is 6.07 Å². The van der Waals surface area contributed by atoms with Gasteiger partial charge in [0, 0.05) is 0 Å². The Morgan fingerprint density at radius 2 is 1.91 bits per heavy atom. The number of rotatable bonds is 7. The summed E-state index contributed by atoms with van der Waals surface area (Å²) >= 11 is 0. The number of benzene rings is 1. The fourth-order valence-corrected chi connectivity index (χ4v) is 4.54. The predicted molar refractivity (Wildman–Crippen MR) is 91.6 cm³/mol. The highest BCUT2D eigenvalue weighted by atomic mass is 19.1. The molecule has 23 heavy (non-hydrogen) atoms. The first-order valence-corrected chi connectivity index (χ1v) is 9.30. The molecule has 3 rings (SSSR count). The van der Waals surface area contributed by atoms with Gasteiger partial charge >= 0.3 is 0 Å². The molecule has 0 heterocycles. The quantitative estimate of drug-likeness (QED) is 0.777. The molecule has 0 radical (unpaired) electrons. The normalized spacial score (nSPS) is 22.0. The summed E-state index contributed by atoms with van der Waals surface area (Å²) in [6, 6.07) is 5.07. The van der Waals surface area contributed by atoms with Crippen LogP contribution in [0.1, 0.15) is 75.0 Å². The van der Waals surface area contributed by atoms with Crippen molar-refractivity contribution in [2.24, 2.45) is 17.1 Å². The zero-order valence-corrected chi connectivity index (χ0v) is 14.1. The molecule has 2 aliphatic rings. The summed E-state index contributed by atoms with van der Waals surface area (Å²) in [5.41, 5.74) is 7.72. The van der Waals surface area contributed by atoms with E-state index in [-0.39, 0.29) is 5.82 Å². The van der Waals surface area contributed by atoms with Gasteiger partial charge in [0.25, 0.3) is 0 Å². The average molecular weight is 319 g/mol. The van der Waals surface area contributed by atoms with Gasteiger partial charge in [-0.15, -0.1) is 0 Å². The van der Waals surface area contributed by atoms with Crippen LogP contribution in [0.15, 0.2) is 18.2 Å². The topological polar surface area (TPSA) is 46.2 Å². The first kappa shape index (κ1) is 16.9. The van der Waals surface area contributed by atoms with Crippen molar-refractivity contribution in [3.8, 4) is 0 Å². The van der Waals surface area contributed by atoms with Crippen molar-refractivity contribution in [1.29, 1.82) is 0 Å². The number of halogens is 1.